The molecular formula is C19H22N2O6S. The molecule has 0 aliphatic rings. The van der Waals surface area contributed by atoms with Gasteiger partial charge in [0.05, 0.1) is 23.3 Å². The van der Waals surface area contributed by atoms with Gasteiger partial charge in [-0.1, -0.05) is 17.7 Å². The third-order valence-corrected chi connectivity index (χ3v) is 5.66. The Bertz CT molecular complexity index is 968. The van der Waals surface area contributed by atoms with Crippen molar-refractivity contribution in [3.8, 4) is 5.75 Å². The zero-order chi connectivity index (χ0) is 20.9. The van der Waals surface area contributed by atoms with Gasteiger partial charge in [0.2, 0.25) is 10.0 Å². The number of hydrogen-bond acceptors (Lipinski definition) is 6. The van der Waals surface area contributed by atoms with E-state index in [1.807, 2.05) is 6.92 Å². The maximum atomic E-state index is 12.3. The Balaban J connectivity index is 2.10. The highest BCUT2D eigenvalue weighted by atomic mass is 32.2. The number of nitrogens with zero attached hydrogens (tertiary/aromatic N) is 1. The maximum absolute atomic E-state index is 12.3. The van der Waals surface area contributed by atoms with Crippen LogP contribution in [-0.2, 0) is 19.6 Å². The first-order valence-electron chi connectivity index (χ1n) is 8.29. The van der Waals surface area contributed by atoms with E-state index >= 15 is 0 Å². The Morgan fingerprint density at radius 2 is 1.71 bits per heavy atom. The van der Waals surface area contributed by atoms with Gasteiger partial charge in [-0.3, -0.25) is 4.79 Å². The lowest BCUT2D eigenvalue weighted by atomic mass is 10.1. The lowest BCUT2D eigenvalue weighted by Crippen LogP contribution is -2.23. The van der Waals surface area contributed by atoms with Crippen LogP contribution in [0.15, 0.2) is 47.4 Å². The van der Waals surface area contributed by atoms with Crippen molar-refractivity contribution in [2.45, 2.75) is 11.8 Å². The molecule has 2 aromatic rings. The minimum atomic E-state index is -3.68. The SMILES string of the molecule is COc1ccc(S(=O)(=O)N(C)C)cc1NC(=O)COC(=O)c1ccc(C)cc1. The normalized spacial score (nSPS) is 11.2. The monoisotopic (exact) mass is 406 g/mol. The largest absolute Gasteiger partial charge is 0.495 e. The van der Waals surface area contributed by atoms with Crippen molar-refractivity contribution >= 4 is 27.6 Å². The molecule has 0 aliphatic heterocycles. The first kappa shape index (κ1) is 21.4. The lowest BCUT2D eigenvalue weighted by molar-refractivity contribution is -0.119. The standard InChI is InChI=1S/C19H22N2O6S/c1-13-5-7-14(8-6-13)19(23)27-12-18(22)20-16-11-15(9-10-17(16)26-4)28(24,25)21(2)3/h5-11H,12H2,1-4H3,(H,20,22). The second-order valence-corrected chi connectivity index (χ2v) is 8.29. The fourth-order valence-electron chi connectivity index (χ4n) is 2.25. The van der Waals surface area contributed by atoms with E-state index < -0.39 is 28.5 Å². The Morgan fingerprint density at radius 3 is 2.29 bits per heavy atom. The summed E-state index contributed by atoms with van der Waals surface area (Å²) in [6, 6.07) is 10.8. The van der Waals surface area contributed by atoms with E-state index in [4.69, 9.17) is 9.47 Å². The predicted octanol–water partition coefficient (Wildman–Crippen LogP) is 2.05. The number of rotatable bonds is 7. The third kappa shape index (κ3) is 5.08. The molecule has 0 unspecified atom stereocenters. The fraction of sp³-hybridized carbons (Fsp3) is 0.263. The van der Waals surface area contributed by atoms with Gasteiger partial charge in [0.25, 0.3) is 5.91 Å². The summed E-state index contributed by atoms with van der Waals surface area (Å²) >= 11 is 0. The van der Waals surface area contributed by atoms with E-state index in [-0.39, 0.29) is 16.3 Å². The summed E-state index contributed by atoms with van der Waals surface area (Å²) in [5, 5.41) is 2.50. The molecule has 0 saturated carbocycles. The van der Waals surface area contributed by atoms with Gasteiger partial charge in [-0.15, -0.1) is 0 Å². The summed E-state index contributed by atoms with van der Waals surface area (Å²) in [5.41, 5.74) is 1.48. The molecule has 0 bridgehead atoms. The van der Waals surface area contributed by atoms with E-state index in [1.54, 1.807) is 24.3 Å². The molecule has 150 valence electrons. The topological polar surface area (TPSA) is 102 Å². The minimum Gasteiger partial charge on any atom is -0.495 e. The molecule has 8 nitrogen and oxygen atoms in total. The molecule has 0 heterocycles. The first-order valence-corrected chi connectivity index (χ1v) is 9.73. The molecule has 9 heteroatoms. The molecule has 0 atom stereocenters. The highest BCUT2D eigenvalue weighted by Gasteiger charge is 2.20. The number of carbonyl (C=O) groups is 2. The van der Waals surface area contributed by atoms with Crippen LogP contribution in [0.25, 0.3) is 0 Å². The Hall–Kier alpha value is -2.91. The van der Waals surface area contributed by atoms with Crippen molar-refractivity contribution in [3.63, 3.8) is 0 Å². The molecule has 0 saturated heterocycles. The molecule has 0 fully saturated rings. The molecule has 2 rings (SSSR count). The van der Waals surface area contributed by atoms with Gasteiger partial charge in [-0.05, 0) is 37.3 Å². The van der Waals surface area contributed by atoms with E-state index in [0.29, 0.717) is 5.56 Å². The number of aryl methyl sites for hydroxylation is 1. The maximum Gasteiger partial charge on any atom is 0.338 e. The van der Waals surface area contributed by atoms with Crippen LogP contribution in [0.5, 0.6) is 5.75 Å². The van der Waals surface area contributed by atoms with Gasteiger partial charge < -0.3 is 14.8 Å². The molecule has 2 aromatic carbocycles. The molecule has 0 aromatic heterocycles. The second kappa shape index (κ2) is 8.85. The zero-order valence-electron chi connectivity index (χ0n) is 16.1. The molecule has 28 heavy (non-hydrogen) atoms. The van der Waals surface area contributed by atoms with E-state index in [0.717, 1.165) is 9.87 Å². The second-order valence-electron chi connectivity index (χ2n) is 6.14. The van der Waals surface area contributed by atoms with Gasteiger partial charge >= 0.3 is 5.97 Å². The summed E-state index contributed by atoms with van der Waals surface area (Å²) in [6.07, 6.45) is 0. The van der Waals surface area contributed by atoms with Gasteiger partial charge in [0.1, 0.15) is 5.75 Å². The Labute approximate surface area is 164 Å². The average Bonchev–Trinajstić information content (AvgIpc) is 2.66. The summed E-state index contributed by atoms with van der Waals surface area (Å²) < 4.78 is 35.7. The van der Waals surface area contributed by atoms with E-state index in [9.17, 15) is 18.0 Å². The van der Waals surface area contributed by atoms with Crippen molar-refractivity contribution in [1.29, 1.82) is 0 Å². The van der Waals surface area contributed by atoms with Crippen LogP contribution in [0.3, 0.4) is 0 Å². The van der Waals surface area contributed by atoms with Crippen LogP contribution >= 0.6 is 0 Å². The molecule has 1 amide bonds. The van der Waals surface area contributed by atoms with Crippen molar-refractivity contribution in [2.75, 3.05) is 33.1 Å². The Morgan fingerprint density at radius 1 is 1.07 bits per heavy atom. The summed E-state index contributed by atoms with van der Waals surface area (Å²) in [5.74, 6) is -0.986. The zero-order valence-corrected chi connectivity index (χ0v) is 16.9. The Kier molecular flexibility index (Phi) is 6.76. The number of carbonyl (C=O) groups excluding carboxylic acids is 2. The molecule has 0 spiro atoms. The predicted molar refractivity (Wildman–Crippen MR) is 104 cm³/mol. The molecular weight excluding hydrogens is 384 g/mol. The quantitative estimate of drug-likeness (QED) is 0.706. The van der Waals surface area contributed by atoms with Crippen LogP contribution in [0.4, 0.5) is 5.69 Å². The number of nitrogens with one attached hydrogen (secondary N) is 1. The number of methoxy groups -OCH3 is 1. The molecule has 0 aliphatic carbocycles. The van der Waals surface area contributed by atoms with Crippen LogP contribution < -0.4 is 10.1 Å². The number of ether oxygens (including phenoxy) is 2. The number of hydrogen-bond donors (Lipinski definition) is 1. The third-order valence-electron chi connectivity index (χ3n) is 3.85. The van der Waals surface area contributed by atoms with Crippen LogP contribution in [0.1, 0.15) is 15.9 Å². The highest BCUT2D eigenvalue weighted by Crippen LogP contribution is 2.28. The number of benzene rings is 2. The summed E-state index contributed by atoms with van der Waals surface area (Å²) in [7, 11) is 0.517. The molecule has 1 N–H and O–H groups in total. The van der Waals surface area contributed by atoms with Crippen LogP contribution in [-0.4, -0.2) is 52.4 Å². The first-order chi connectivity index (χ1) is 13.1. The van der Waals surface area contributed by atoms with Crippen LogP contribution in [0.2, 0.25) is 0 Å². The fourth-order valence-corrected chi connectivity index (χ4v) is 3.17. The summed E-state index contributed by atoms with van der Waals surface area (Å²) in [4.78, 5) is 24.1. The van der Waals surface area contributed by atoms with Crippen molar-refractivity contribution in [3.05, 3.63) is 53.6 Å². The van der Waals surface area contributed by atoms with Crippen LogP contribution in [0, 0.1) is 6.92 Å². The van der Waals surface area contributed by atoms with E-state index in [1.165, 1.54) is 39.4 Å². The van der Waals surface area contributed by atoms with Gasteiger partial charge in [0.15, 0.2) is 6.61 Å². The van der Waals surface area contributed by atoms with Crippen molar-refractivity contribution in [1.82, 2.24) is 4.31 Å². The van der Waals surface area contributed by atoms with Crippen molar-refractivity contribution in [2.24, 2.45) is 0 Å². The van der Waals surface area contributed by atoms with Crippen molar-refractivity contribution < 1.29 is 27.5 Å². The molecule has 0 radical (unpaired) electrons. The van der Waals surface area contributed by atoms with E-state index in [2.05, 4.69) is 5.32 Å². The smallest absolute Gasteiger partial charge is 0.338 e. The minimum absolute atomic E-state index is 0.00903. The lowest BCUT2D eigenvalue weighted by Gasteiger charge is -2.15. The average molecular weight is 406 g/mol. The summed E-state index contributed by atoms with van der Waals surface area (Å²) in [6.45, 7) is 1.36. The van der Waals surface area contributed by atoms with Gasteiger partial charge in [0, 0.05) is 14.1 Å². The highest BCUT2D eigenvalue weighted by molar-refractivity contribution is 7.89. The van der Waals surface area contributed by atoms with Gasteiger partial charge in [-0.25, -0.2) is 17.5 Å². The number of amides is 1. The number of anilines is 1. The number of esters is 1. The van der Waals surface area contributed by atoms with Gasteiger partial charge in [-0.2, -0.15) is 0 Å². The number of sulfonamides is 1.